The van der Waals surface area contributed by atoms with Gasteiger partial charge in [0.15, 0.2) is 5.82 Å². The number of amides is 1. The minimum atomic E-state index is -0.245. The van der Waals surface area contributed by atoms with Crippen molar-refractivity contribution in [3.63, 3.8) is 0 Å². The summed E-state index contributed by atoms with van der Waals surface area (Å²) in [5, 5.41) is 7.30. The zero-order chi connectivity index (χ0) is 13.3. The number of rotatable bonds is 2. The van der Waals surface area contributed by atoms with Crippen LogP contribution in [0.1, 0.15) is 15.9 Å². The minimum Gasteiger partial charge on any atom is -0.394 e. The van der Waals surface area contributed by atoms with Gasteiger partial charge in [0.1, 0.15) is 0 Å². The first-order valence-electron chi connectivity index (χ1n) is 5.34. The molecule has 0 bridgehead atoms. The van der Waals surface area contributed by atoms with E-state index in [2.05, 4.69) is 10.4 Å². The third-order valence-electron chi connectivity index (χ3n) is 2.62. The number of anilines is 2. The fourth-order valence-electron chi connectivity index (χ4n) is 1.57. The van der Waals surface area contributed by atoms with Crippen LogP contribution in [0.2, 0.25) is 5.02 Å². The monoisotopic (exact) mass is 264 g/mol. The van der Waals surface area contributed by atoms with Crippen LogP contribution in [-0.2, 0) is 7.05 Å². The maximum Gasteiger partial charge on any atom is 0.256 e. The summed E-state index contributed by atoms with van der Waals surface area (Å²) in [6.45, 7) is 1.84. The fourth-order valence-corrected chi connectivity index (χ4v) is 1.69. The Kier molecular flexibility index (Phi) is 3.25. The highest BCUT2D eigenvalue weighted by atomic mass is 35.5. The van der Waals surface area contributed by atoms with Crippen LogP contribution in [0.4, 0.5) is 11.5 Å². The van der Waals surface area contributed by atoms with E-state index in [9.17, 15) is 4.79 Å². The molecule has 6 heteroatoms. The summed E-state index contributed by atoms with van der Waals surface area (Å²) in [6.07, 6.45) is 1.49. The van der Waals surface area contributed by atoms with E-state index in [0.717, 1.165) is 5.56 Å². The Morgan fingerprint density at radius 1 is 1.50 bits per heavy atom. The average molecular weight is 265 g/mol. The maximum atomic E-state index is 12.0. The van der Waals surface area contributed by atoms with Gasteiger partial charge in [-0.15, -0.1) is 0 Å². The second-order valence-corrected chi connectivity index (χ2v) is 4.40. The highest BCUT2D eigenvalue weighted by Crippen LogP contribution is 2.19. The number of carbonyl (C=O) groups is 1. The average Bonchev–Trinajstić information content (AvgIpc) is 2.64. The van der Waals surface area contributed by atoms with Gasteiger partial charge in [0.05, 0.1) is 11.9 Å². The largest absolute Gasteiger partial charge is 0.394 e. The van der Waals surface area contributed by atoms with Gasteiger partial charge in [-0.2, -0.15) is 5.10 Å². The standard InChI is InChI=1S/C12H13ClN4O/c1-7-5-8(3-4-9(7)13)12(18)16-11-10(14)6-15-17(11)2/h3-6H,14H2,1-2H3,(H,16,18). The number of nitrogens with zero attached hydrogens (tertiary/aromatic N) is 2. The van der Waals surface area contributed by atoms with Crippen molar-refractivity contribution >= 4 is 29.0 Å². The van der Waals surface area contributed by atoms with Crippen molar-refractivity contribution < 1.29 is 4.79 Å². The summed E-state index contributed by atoms with van der Waals surface area (Å²) >= 11 is 5.91. The molecule has 0 aliphatic carbocycles. The molecule has 1 aromatic carbocycles. The first kappa shape index (κ1) is 12.4. The van der Waals surface area contributed by atoms with Crippen LogP contribution in [-0.4, -0.2) is 15.7 Å². The van der Waals surface area contributed by atoms with Crippen molar-refractivity contribution in [1.82, 2.24) is 9.78 Å². The number of nitrogen functional groups attached to an aromatic ring is 1. The third-order valence-corrected chi connectivity index (χ3v) is 3.04. The zero-order valence-corrected chi connectivity index (χ0v) is 10.8. The molecule has 0 radical (unpaired) electrons. The van der Waals surface area contributed by atoms with Crippen LogP contribution in [0, 0.1) is 6.92 Å². The molecule has 0 saturated carbocycles. The molecule has 0 atom stereocenters. The normalized spacial score (nSPS) is 10.4. The topological polar surface area (TPSA) is 72.9 Å². The molecule has 2 aromatic rings. The van der Waals surface area contributed by atoms with Gasteiger partial charge in [0, 0.05) is 17.6 Å². The Bertz CT molecular complexity index is 587. The van der Waals surface area contributed by atoms with E-state index in [0.29, 0.717) is 22.1 Å². The molecular weight excluding hydrogens is 252 g/mol. The molecule has 94 valence electrons. The van der Waals surface area contributed by atoms with Gasteiger partial charge in [-0.1, -0.05) is 11.6 Å². The molecule has 5 nitrogen and oxygen atoms in total. The second kappa shape index (κ2) is 4.70. The number of aryl methyl sites for hydroxylation is 2. The molecule has 1 aromatic heterocycles. The molecule has 0 unspecified atom stereocenters. The molecule has 1 heterocycles. The Labute approximate surface area is 110 Å². The van der Waals surface area contributed by atoms with Gasteiger partial charge in [-0.3, -0.25) is 9.48 Å². The number of hydrogen-bond acceptors (Lipinski definition) is 3. The lowest BCUT2D eigenvalue weighted by Crippen LogP contribution is -2.15. The molecule has 0 aliphatic rings. The van der Waals surface area contributed by atoms with Gasteiger partial charge in [-0.05, 0) is 30.7 Å². The summed E-state index contributed by atoms with van der Waals surface area (Å²) in [5.41, 5.74) is 7.50. The van der Waals surface area contributed by atoms with Crippen molar-refractivity contribution in [2.24, 2.45) is 7.05 Å². The van der Waals surface area contributed by atoms with Gasteiger partial charge in [0.2, 0.25) is 0 Å². The lowest BCUT2D eigenvalue weighted by Gasteiger charge is -2.07. The van der Waals surface area contributed by atoms with E-state index in [-0.39, 0.29) is 5.91 Å². The predicted octanol–water partition coefficient (Wildman–Crippen LogP) is 2.22. The quantitative estimate of drug-likeness (QED) is 0.873. The SMILES string of the molecule is Cc1cc(C(=O)Nc2c(N)cnn2C)ccc1Cl. The van der Waals surface area contributed by atoms with Gasteiger partial charge >= 0.3 is 0 Å². The number of nitrogens with one attached hydrogen (secondary N) is 1. The molecule has 3 N–H and O–H groups in total. The Hall–Kier alpha value is -2.01. The van der Waals surface area contributed by atoms with Crippen molar-refractivity contribution in [1.29, 1.82) is 0 Å². The summed E-state index contributed by atoms with van der Waals surface area (Å²) in [4.78, 5) is 12.0. The molecule has 1 amide bonds. The number of aromatic nitrogens is 2. The molecule has 0 fully saturated rings. The lowest BCUT2D eigenvalue weighted by atomic mass is 10.1. The molecule has 0 aliphatic heterocycles. The summed E-state index contributed by atoms with van der Waals surface area (Å²) < 4.78 is 1.51. The molecule has 0 spiro atoms. The molecule has 0 saturated heterocycles. The highest BCUT2D eigenvalue weighted by molar-refractivity contribution is 6.31. The van der Waals surface area contributed by atoms with Crippen LogP contribution in [0.3, 0.4) is 0 Å². The van der Waals surface area contributed by atoms with Crippen molar-refractivity contribution in [2.75, 3.05) is 11.1 Å². The number of benzene rings is 1. The first-order chi connectivity index (χ1) is 8.49. The van der Waals surface area contributed by atoms with Crippen molar-refractivity contribution in [3.05, 3.63) is 40.5 Å². The van der Waals surface area contributed by atoms with Crippen LogP contribution in [0.25, 0.3) is 0 Å². The van der Waals surface area contributed by atoms with E-state index >= 15 is 0 Å². The third kappa shape index (κ3) is 2.31. The van der Waals surface area contributed by atoms with E-state index < -0.39 is 0 Å². The first-order valence-corrected chi connectivity index (χ1v) is 5.72. The number of nitrogens with two attached hydrogens (primary N) is 1. The Morgan fingerprint density at radius 3 is 2.78 bits per heavy atom. The predicted molar refractivity (Wildman–Crippen MR) is 71.8 cm³/mol. The van der Waals surface area contributed by atoms with E-state index in [1.165, 1.54) is 10.9 Å². The van der Waals surface area contributed by atoms with Crippen LogP contribution in [0.15, 0.2) is 24.4 Å². The maximum absolute atomic E-state index is 12.0. The minimum absolute atomic E-state index is 0.245. The van der Waals surface area contributed by atoms with Crippen molar-refractivity contribution in [2.45, 2.75) is 6.92 Å². The van der Waals surface area contributed by atoms with Crippen LogP contribution >= 0.6 is 11.6 Å². The van der Waals surface area contributed by atoms with E-state index in [1.54, 1.807) is 25.2 Å². The summed E-state index contributed by atoms with van der Waals surface area (Å²) in [6, 6.07) is 5.08. The van der Waals surface area contributed by atoms with Crippen LogP contribution < -0.4 is 11.1 Å². The zero-order valence-electron chi connectivity index (χ0n) is 10.1. The smallest absolute Gasteiger partial charge is 0.256 e. The summed E-state index contributed by atoms with van der Waals surface area (Å²) in [7, 11) is 1.71. The number of carbonyl (C=O) groups excluding carboxylic acids is 1. The van der Waals surface area contributed by atoms with Crippen molar-refractivity contribution in [3.8, 4) is 0 Å². The Balaban J connectivity index is 2.25. The van der Waals surface area contributed by atoms with E-state index in [1.807, 2.05) is 6.92 Å². The van der Waals surface area contributed by atoms with Crippen LogP contribution in [0.5, 0.6) is 0 Å². The van der Waals surface area contributed by atoms with Gasteiger partial charge in [0.25, 0.3) is 5.91 Å². The fraction of sp³-hybridized carbons (Fsp3) is 0.167. The number of hydrogen-bond donors (Lipinski definition) is 2. The van der Waals surface area contributed by atoms with E-state index in [4.69, 9.17) is 17.3 Å². The molecule has 18 heavy (non-hydrogen) atoms. The Morgan fingerprint density at radius 2 is 2.22 bits per heavy atom. The van der Waals surface area contributed by atoms with Gasteiger partial charge in [-0.25, -0.2) is 0 Å². The number of halogens is 1. The molecular formula is C12H13ClN4O. The summed E-state index contributed by atoms with van der Waals surface area (Å²) in [5.74, 6) is 0.234. The highest BCUT2D eigenvalue weighted by Gasteiger charge is 2.12. The lowest BCUT2D eigenvalue weighted by molar-refractivity contribution is 0.102. The van der Waals surface area contributed by atoms with Gasteiger partial charge < -0.3 is 11.1 Å². The second-order valence-electron chi connectivity index (χ2n) is 3.99. The molecule has 2 rings (SSSR count).